The first kappa shape index (κ1) is 16.2. The summed E-state index contributed by atoms with van der Waals surface area (Å²) in [4.78, 5) is 24.9. The molecule has 0 aliphatic heterocycles. The first-order valence-corrected chi connectivity index (χ1v) is 6.58. The molecular weight excluding hydrogens is 254 g/mol. The predicted octanol–water partition coefficient (Wildman–Crippen LogP) is 1.70. The largest absolute Gasteiger partial charge is 0.341 e. The van der Waals surface area contributed by atoms with Crippen molar-refractivity contribution in [1.29, 1.82) is 0 Å². The highest BCUT2D eigenvalue weighted by Crippen LogP contribution is 2.16. The number of anilines is 1. The maximum Gasteiger partial charge on any atom is 0.253 e. The third kappa shape index (κ3) is 4.66. The summed E-state index contributed by atoms with van der Waals surface area (Å²) in [5.41, 5.74) is 6.84. The lowest BCUT2D eigenvalue weighted by Gasteiger charge is -2.29. The lowest BCUT2D eigenvalue weighted by Crippen LogP contribution is -2.39. The molecule has 0 atom stereocenters. The second kappa shape index (κ2) is 6.52. The van der Waals surface area contributed by atoms with Crippen LogP contribution in [0.25, 0.3) is 0 Å². The summed E-state index contributed by atoms with van der Waals surface area (Å²) in [5.74, 6) is -0.188. The van der Waals surface area contributed by atoms with Gasteiger partial charge in [0.2, 0.25) is 5.91 Å². The number of hydrogen-bond acceptors (Lipinski definition) is 3. The minimum absolute atomic E-state index is 0.0547. The Bertz CT molecular complexity index is 480. The molecule has 0 bridgehead atoms. The van der Waals surface area contributed by atoms with E-state index in [-0.39, 0.29) is 17.2 Å². The van der Waals surface area contributed by atoms with Crippen molar-refractivity contribution in [2.75, 3.05) is 25.5 Å². The number of benzene rings is 1. The Balaban J connectivity index is 2.74. The van der Waals surface area contributed by atoms with E-state index in [2.05, 4.69) is 5.32 Å². The van der Waals surface area contributed by atoms with Crippen LogP contribution in [0.2, 0.25) is 0 Å². The molecule has 1 aromatic rings. The van der Waals surface area contributed by atoms with Gasteiger partial charge in [0, 0.05) is 31.8 Å². The molecular formula is C15H23N3O2. The van der Waals surface area contributed by atoms with E-state index >= 15 is 0 Å². The Morgan fingerprint density at radius 3 is 2.25 bits per heavy atom. The van der Waals surface area contributed by atoms with Crippen molar-refractivity contribution in [2.45, 2.75) is 20.8 Å². The van der Waals surface area contributed by atoms with Crippen LogP contribution in [0, 0.1) is 5.41 Å². The van der Waals surface area contributed by atoms with Crippen LogP contribution < -0.4 is 11.1 Å². The van der Waals surface area contributed by atoms with E-state index < -0.39 is 0 Å². The molecule has 0 unspecified atom stereocenters. The van der Waals surface area contributed by atoms with Gasteiger partial charge in [-0.3, -0.25) is 9.59 Å². The number of hydrogen-bond donors (Lipinski definition) is 2. The molecule has 0 aromatic heterocycles. The van der Waals surface area contributed by atoms with E-state index in [4.69, 9.17) is 5.73 Å². The molecule has 2 amide bonds. The highest BCUT2D eigenvalue weighted by atomic mass is 16.2. The molecule has 3 N–H and O–H groups in total. The summed E-state index contributed by atoms with van der Waals surface area (Å²) in [6, 6.07) is 6.85. The Kier molecular flexibility index (Phi) is 5.27. The van der Waals surface area contributed by atoms with Crippen LogP contribution in [0.1, 0.15) is 31.1 Å². The van der Waals surface area contributed by atoms with Crippen molar-refractivity contribution in [3.8, 4) is 0 Å². The second-order valence-corrected chi connectivity index (χ2v) is 5.79. The number of nitrogens with two attached hydrogens (primary N) is 1. The van der Waals surface area contributed by atoms with E-state index in [0.29, 0.717) is 24.3 Å². The third-order valence-electron chi connectivity index (χ3n) is 3.02. The van der Waals surface area contributed by atoms with Gasteiger partial charge in [-0.2, -0.15) is 0 Å². The van der Waals surface area contributed by atoms with Gasteiger partial charge in [-0.25, -0.2) is 0 Å². The Morgan fingerprint density at radius 2 is 1.80 bits per heavy atom. The van der Waals surface area contributed by atoms with Gasteiger partial charge in [0.25, 0.3) is 5.91 Å². The van der Waals surface area contributed by atoms with Gasteiger partial charge in [-0.1, -0.05) is 13.8 Å². The van der Waals surface area contributed by atoms with Gasteiger partial charge >= 0.3 is 0 Å². The average molecular weight is 277 g/mol. The maximum absolute atomic E-state index is 12.3. The number of carbonyl (C=O) groups is 2. The summed E-state index contributed by atoms with van der Waals surface area (Å²) in [6.07, 6.45) is 0. The number of nitrogens with one attached hydrogen (secondary N) is 1. The van der Waals surface area contributed by atoms with E-state index in [1.165, 1.54) is 6.92 Å². The molecule has 110 valence electrons. The Morgan fingerprint density at radius 1 is 1.25 bits per heavy atom. The van der Waals surface area contributed by atoms with Crippen molar-refractivity contribution >= 4 is 17.5 Å². The normalized spacial score (nSPS) is 11.1. The fourth-order valence-electron chi connectivity index (χ4n) is 1.90. The molecule has 20 heavy (non-hydrogen) atoms. The zero-order valence-electron chi connectivity index (χ0n) is 12.6. The summed E-state index contributed by atoms with van der Waals surface area (Å²) in [5, 5.41) is 2.67. The highest BCUT2D eigenvalue weighted by Gasteiger charge is 2.21. The molecule has 5 heteroatoms. The summed E-state index contributed by atoms with van der Waals surface area (Å²) in [6.45, 7) is 6.61. The molecule has 0 heterocycles. The van der Waals surface area contributed by atoms with Crippen LogP contribution >= 0.6 is 0 Å². The monoisotopic (exact) mass is 277 g/mol. The van der Waals surface area contributed by atoms with Crippen molar-refractivity contribution in [3.05, 3.63) is 29.8 Å². The molecule has 0 spiro atoms. The summed E-state index contributed by atoms with van der Waals surface area (Å²) < 4.78 is 0. The fourth-order valence-corrected chi connectivity index (χ4v) is 1.90. The van der Waals surface area contributed by atoms with Crippen LogP contribution in [0.4, 0.5) is 5.69 Å². The summed E-state index contributed by atoms with van der Waals surface area (Å²) in [7, 11) is 1.77. The fraction of sp³-hybridized carbons (Fsp3) is 0.467. The first-order valence-electron chi connectivity index (χ1n) is 6.58. The van der Waals surface area contributed by atoms with E-state index in [1.807, 2.05) is 13.8 Å². The van der Waals surface area contributed by atoms with Crippen LogP contribution in [0.15, 0.2) is 24.3 Å². The van der Waals surface area contributed by atoms with Crippen molar-refractivity contribution in [1.82, 2.24) is 4.90 Å². The van der Waals surface area contributed by atoms with Gasteiger partial charge in [0.15, 0.2) is 0 Å². The van der Waals surface area contributed by atoms with Crippen LogP contribution in [0.3, 0.4) is 0 Å². The van der Waals surface area contributed by atoms with E-state index in [0.717, 1.165) is 0 Å². The van der Waals surface area contributed by atoms with Crippen molar-refractivity contribution in [3.63, 3.8) is 0 Å². The van der Waals surface area contributed by atoms with Crippen LogP contribution in [0.5, 0.6) is 0 Å². The molecule has 0 radical (unpaired) electrons. The molecule has 1 aromatic carbocycles. The molecule has 0 saturated heterocycles. The lowest BCUT2D eigenvalue weighted by molar-refractivity contribution is -0.114. The second-order valence-electron chi connectivity index (χ2n) is 5.79. The quantitative estimate of drug-likeness (QED) is 0.860. The Labute approximate surface area is 120 Å². The Hall–Kier alpha value is -1.88. The third-order valence-corrected chi connectivity index (χ3v) is 3.02. The minimum Gasteiger partial charge on any atom is -0.341 e. The molecule has 5 nitrogen and oxygen atoms in total. The van der Waals surface area contributed by atoms with Crippen molar-refractivity contribution < 1.29 is 9.59 Å². The van der Waals surface area contributed by atoms with Gasteiger partial charge in [0.1, 0.15) is 0 Å². The molecule has 0 aliphatic carbocycles. The van der Waals surface area contributed by atoms with Crippen LogP contribution in [-0.2, 0) is 4.79 Å². The zero-order valence-corrected chi connectivity index (χ0v) is 12.6. The topological polar surface area (TPSA) is 75.4 Å². The number of amides is 2. The van der Waals surface area contributed by atoms with Crippen molar-refractivity contribution in [2.24, 2.45) is 11.1 Å². The van der Waals surface area contributed by atoms with Gasteiger partial charge in [-0.15, -0.1) is 0 Å². The van der Waals surface area contributed by atoms with Gasteiger partial charge in [0.05, 0.1) is 0 Å². The minimum atomic E-state index is -0.133. The predicted molar refractivity (Wildman–Crippen MR) is 80.5 cm³/mol. The molecule has 0 aliphatic rings. The first-order chi connectivity index (χ1) is 9.25. The zero-order chi connectivity index (χ0) is 15.3. The van der Waals surface area contributed by atoms with Gasteiger partial charge < -0.3 is 16.0 Å². The smallest absolute Gasteiger partial charge is 0.253 e. The SMILES string of the molecule is CC(=O)Nc1ccc(C(=O)N(C)CC(C)(C)CN)cc1. The van der Waals surface area contributed by atoms with E-state index in [9.17, 15) is 9.59 Å². The highest BCUT2D eigenvalue weighted by molar-refractivity contribution is 5.95. The molecule has 1 rings (SSSR count). The lowest BCUT2D eigenvalue weighted by atomic mass is 9.93. The van der Waals surface area contributed by atoms with Gasteiger partial charge in [-0.05, 0) is 36.2 Å². The standard InChI is InChI=1S/C15H23N3O2/c1-11(19)17-13-7-5-12(6-8-13)14(20)18(4)10-15(2,3)9-16/h5-8H,9-10,16H2,1-4H3,(H,17,19). The van der Waals surface area contributed by atoms with E-state index in [1.54, 1.807) is 36.2 Å². The van der Waals surface area contributed by atoms with Crippen LogP contribution in [-0.4, -0.2) is 36.9 Å². The number of rotatable bonds is 5. The number of nitrogens with zero attached hydrogens (tertiary/aromatic N) is 1. The average Bonchev–Trinajstić information content (AvgIpc) is 2.37. The number of carbonyl (C=O) groups excluding carboxylic acids is 2. The maximum atomic E-state index is 12.3. The summed E-state index contributed by atoms with van der Waals surface area (Å²) >= 11 is 0. The molecule has 0 saturated carbocycles. The molecule has 0 fully saturated rings.